The second-order valence-electron chi connectivity index (χ2n) is 5.32. The molecule has 11 heteroatoms. The van der Waals surface area contributed by atoms with Gasteiger partial charge in [-0.05, 0) is 24.6 Å². The lowest BCUT2D eigenvalue weighted by Gasteiger charge is -2.01. The number of rotatable bonds is 6. The lowest BCUT2D eigenvalue weighted by molar-refractivity contribution is -0.385. The van der Waals surface area contributed by atoms with Gasteiger partial charge in [-0.25, -0.2) is 9.67 Å². The van der Waals surface area contributed by atoms with Crippen LogP contribution in [0.3, 0.4) is 0 Å². The Balaban J connectivity index is 1.72. The third kappa shape index (κ3) is 3.86. The van der Waals surface area contributed by atoms with Crippen LogP contribution in [0.15, 0.2) is 36.8 Å². The van der Waals surface area contributed by atoms with E-state index in [1.165, 1.54) is 21.9 Å². The minimum atomic E-state index is -0.742. The highest BCUT2D eigenvalue weighted by molar-refractivity contribution is 6.30. The topological polar surface area (TPSA) is 121 Å². The zero-order valence-corrected chi connectivity index (χ0v) is 14.4. The molecule has 0 unspecified atom stereocenters. The van der Waals surface area contributed by atoms with E-state index in [4.69, 9.17) is 11.6 Å². The van der Waals surface area contributed by atoms with Crippen LogP contribution in [-0.4, -0.2) is 35.4 Å². The molecule has 0 spiro atoms. The van der Waals surface area contributed by atoms with E-state index in [2.05, 4.69) is 20.5 Å². The predicted octanol–water partition coefficient (Wildman–Crippen LogP) is 2.36. The molecule has 0 bridgehead atoms. The highest BCUT2D eigenvalue weighted by Gasteiger charge is 2.26. The van der Waals surface area contributed by atoms with Crippen LogP contribution in [0.1, 0.15) is 23.0 Å². The quantitative estimate of drug-likeness (QED) is 0.521. The van der Waals surface area contributed by atoms with Crippen LogP contribution in [-0.2, 0) is 13.1 Å². The van der Waals surface area contributed by atoms with Crippen molar-refractivity contribution in [2.45, 2.75) is 20.0 Å². The number of benzene rings is 1. The Bertz CT molecular complexity index is 949. The number of halogens is 1. The van der Waals surface area contributed by atoms with Gasteiger partial charge in [-0.1, -0.05) is 23.7 Å². The molecule has 0 aliphatic rings. The summed E-state index contributed by atoms with van der Waals surface area (Å²) in [6.07, 6.45) is 2.66. The molecule has 0 radical (unpaired) electrons. The van der Waals surface area contributed by atoms with Crippen molar-refractivity contribution in [1.29, 1.82) is 0 Å². The van der Waals surface area contributed by atoms with Crippen molar-refractivity contribution >= 4 is 29.1 Å². The average molecular weight is 376 g/mol. The summed E-state index contributed by atoms with van der Waals surface area (Å²) in [5, 5.41) is 22.2. The first-order valence-corrected chi connectivity index (χ1v) is 8.01. The van der Waals surface area contributed by atoms with Crippen LogP contribution in [0.5, 0.6) is 0 Å². The van der Waals surface area contributed by atoms with Gasteiger partial charge in [-0.3, -0.25) is 24.9 Å². The van der Waals surface area contributed by atoms with Gasteiger partial charge >= 0.3 is 5.69 Å². The normalized spacial score (nSPS) is 10.7. The second-order valence-corrected chi connectivity index (χ2v) is 5.76. The average Bonchev–Trinajstić information content (AvgIpc) is 3.23. The van der Waals surface area contributed by atoms with Gasteiger partial charge in [-0.15, -0.1) is 5.10 Å². The van der Waals surface area contributed by atoms with E-state index in [0.717, 1.165) is 5.56 Å². The number of nitrogens with zero attached hydrogens (tertiary/aromatic N) is 6. The van der Waals surface area contributed by atoms with E-state index in [1.54, 1.807) is 19.1 Å². The SMILES string of the molecule is CCn1cc([N+](=O)[O-])c(C(=O)Nc2ncn(Cc3ccc(Cl)cc3)n2)n1. The summed E-state index contributed by atoms with van der Waals surface area (Å²) in [5.74, 6) is -0.711. The molecular weight excluding hydrogens is 362 g/mol. The summed E-state index contributed by atoms with van der Waals surface area (Å²) in [7, 11) is 0. The molecule has 0 fully saturated rings. The van der Waals surface area contributed by atoms with Crippen molar-refractivity contribution in [3.63, 3.8) is 0 Å². The Hall–Kier alpha value is -3.27. The minimum Gasteiger partial charge on any atom is -0.287 e. The minimum absolute atomic E-state index is 0.0318. The van der Waals surface area contributed by atoms with Crippen molar-refractivity contribution in [1.82, 2.24) is 24.5 Å². The summed E-state index contributed by atoms with van der Waals surface area (Å²) in [4.78, 5) is 26.7. The fourth-order valence-corrected chi connectivity index (χ4v) is 2.36. The molecule has 1 N–H and O–H groups in total. The van der Waals surface area contributed by atoms with E-state index in [1.807, 2.05) is 12.1 Å². The van der Waals surface area contributed by atoms with Crippen molar-refractivity contribution in [2.24, 2.45) is 0 Å². The fourth-order valence-electron chi connectivity index (χ4n) is 2.23. The lowest BCUT2D eigenvalue weighted by atomic mass is 10.2. The molecule has 0 saturated carbocycles. The fraction of sp³-hybridized carbons (Fsp3) is 0.200. The first-order valence-electron chi connectivity index (χ1n) is 7.63. The molecule has 0 aliphatic heterocycles. The van der Waals surface area contributed by atoms with Gasteiger partial charge < -0.3 is 0 Å². The third-order valence-electron chi connectivity index (χ3n) is 3.50. The van der Waals surface area contributed by atoms with Crippen LogP contribution < -0.4 is 5.32 Å². The van der Waals surface area contributed by atoms with Crippen molar-refractivity contribution in [2.75, 3.05) is 5.32 Å². The molecule has 134 valence electrons. The van der Waals surface area contributed by atoms with Crippen LogP contribution in [0.25, 0.3) is 0 Å². The number of carbonyl (C=O) groups is 1. The van der Waals surface area contributed by atoms with Crippen LogP contribution in [0.2, 0.25) is 5.02 Å². The number of aryl methyl sites for hydroxylation is 1. The Labute approximate surface area is 152 Å². The predicted molar refractivity (Wildman–Crippen MR) is 93.1 cm³/mol. The summed E-state index contributed by atoms with van der Waals surface area (Å²) < 4.78 is 2.84. The second kappa shape index (κ2) is 7.31. The smallest absolute Gasteiger partial charge is 0.287 e. The Morgan fingerprint density at radius 3 is 2.65 bits per heavy atom. The highest BCUT2D eigenvalue weighted by atomic mass is 35.5. The molecule has 0 aliphatic carbocycles. The van der Waals surface area contributed by atoms with Crippen molar-refractivity contribution in [3.05, 3.63) is 63.2 Å². The van der Waals surface area contributed by atoms with E-state index >= 15 is 0 Å². The number of amides is 1. The van der Waals surface area contributed by atoms with E-state index in [-0.39, 0.29) is 17.3 Å². The van der Waals surface area contributed by atoms with Gasteiger partial charge in [0.2, 0.25) is 11.6 Å². The molecule has 3 aromatic rings. The molecule has 0 saturated heterocycles. The number of hydrogen-bond acceptors (Lipinski definition) is 6. The van der Waals surface area contributed by atoms with Crippen LogP contribution in [0.4, 0.5) is 11.6 Å². The number of nitrogens with one attached hydrogen (secondary N) is 1. The Morgan fingerprint density at radius 1 is 1.27 bits per heavy atom. The highest BCUT2D eigenvalue weighted by Crippen LogP contribution is 2.18. The molecule has 2 aromatic heterocycles. The summed E-state index contributed by atoms with van der Waals surface area (Å²) in [6, 6.07) is 7.23. The number of aromatic nitrogens is 5. The summed E-state index contributed by atoms with van der Waals surface area (Å²) in [5.41, 5.74) is 0.297. The Kier molecular flexibility index (Phi) is 4.94. The van der Waals surface area contributed by atoms with Crippen molar-refractivity contribution < 1.29 is 9.72 Å². The number of anilines is 1. The summed E-state index contributed by atoms with van der Waals surface area (Å²) >= 11 is 5.84. The zero-order chi connectivity index (χ0) is 18.7. The number of carbonyl (C=O) groups excluding carboxylic acids is 1. The van der Waals surface area contributed by atoms with Gasteiger partial charge in [-0.2, -0.15) is 5.10 Å². The van der Waals surface area contributed by atoms with Gasteiger partial charge in [0, 0.05) is 11.6 Å². The first-order chi connectivity index (χ1) is 12.5. The largest absolute Gasteiger partial charge is 0.320 e. The van der Waals surface area contributed by atoms with E-state index < -0.39 is 10.8 Å². The van der Waals surface area contributed by atoms with Gasteiger partial charge in [0.1, 0.15) is 12.5 Å². The van der Waals surface area contributed by atoms with Gasteiger partial charge in [0.15, 0.2) is 0 Å². The third-order valence-corrected chi connectivity index (χ3v) is 3.75. The first kappa shape index (κ1) is 17.5. The Morgan fingerprint density at radius 2 is 2.00 bits per heavy atom. The zero-order valence-electron chi connectivity index (χ0n) is 13.7. The lowest BCUT2D eigenvalue weighted by Crippen LogP contribution is -2.16. The molecule has 1 amide bonds. The molecule has 1 aromatic carbocycles. The molecule has 26 heavy (non-hydrogen) atoms. The molecule has 10 nitrogen and oxygen atoms in total. The summed E-state index contributed by atoms with van der Waals surface area (Å²) in [6.45, 7) is 2.60. The van der Waals surface area contributed by atoms with Crippen molar-refractivity contribution in [3.8, 4) is 0 Å². The standard InChI is InChI=1S/C15H14ClN7O3/c1-2-21-8-12(23(25)26)13(19-21)14(24)18-15-17-9-22(20-15)7-10-3-5-11(16)6-4-10/h3-6,8-9H,2,7H2,1H3,(H,18,20,24). The maximum Gasteiger partial charge on any atom is 0.320 e. The number of hydrogen-bond donors (Lipinski definition) is 1. The molecule has 0 atom stereocenters. The maximum atomic E-state index is 12.3. The van der Waals surface area contributed by atoms with Crippen LogP contribution >= 0.6 is 11.6 Å². The van der Waals surface area contributed by atoms with E-state index in [9.17, 15) is 14.9 Å². The molecule has 3 rings (SSSR count). The monoisotopic (exact) mass is 375 g/mol. The van der Waals surface area contributed by atoms with Gasteiger partial charge in [0.25, 0.3) is 5.91 Å². The van der Waals surface area contributed by atoms with Crippen LogP contribution in [0, 0.1) is 10.1 Å². The van der Waals surface area contributed by atoms with Gasteiger partial charge in [0.05, 0.1) is 11.5 Å². The number of nitro groups is 1. The molecule has 2 heterocycles. The maximum absolute atomic E-state index is 12.3. The van der Waals surface area contributed by atoms with E-state index in [0.29, 0.717) is 18.1 Å². The molecular formula is C15H14ClN7O3.